The summed E-state index contributed by atoms with van der Waals surface area (Å²) in [6.45, 7) is 2.91. The summed E-state index contributed by atoms with van der Waals surface area (Å²) >= 11 is 0. The number of hydrogen-bond acceptors (Lipinski definition) is 3. The quantitative estimate of drug-likeness (QED) is 0.770. The van der Waals surface area contributed by atoms with Gasteiger partial charge in [-0.2, -0.15) is 5.10 Å². The normalized spacial score (nSPS) is 22.2. The molecule has 0 unspecified atom stereocenters. The number of carbonyl (C=O) groups excluding carboxylic acids is 2. The molecule has 2 amide bonds. The second kappa shape index (κ2) is 9.02. The molecule has 0 spiro atoms. The van der Waals surface area contributed by atoms with Gasteiger partial charge in [0.2, 0.25) is 11.8 Å². The van der Waals surface area contributed by atoms with Crippen molar-refractivity contribution in [2.75, 3.05) is 19.6 Å². The summed E-state index contributed by atoms with van der Waals surface area (Å²) in [7, 11) is 0. The van der Waals surface area contributed by atoms with Gasteiger partial charge in [-0.15, -0.1) is 0 Å². The predicted octanol–water partition coefficient (Wildman–Crippen LogP) is 2.21. The van der Waals surface area contributed by atoms with E-state index in [1.54, 1.807) is 6.20 Å². The molecule has 1 saturated carbocycles. The van der Waals surface area contributed by atoms with Gasteiger partial charge in [-0.05, 0) is 37.7 Å². The summed E-state index contributed by atoms with van der Waals surface area (Å²) in [5.41, 5.74) is 0. The number of carbonyl (C=O) groups is 2. The van der Waals surface area contributed by atoms with E-state index in [-0.39, 0.29) is 17.7 Å². The highest BCUT2D eigenvalue weighted by Crippen LogP contribution is 2.27. The highest BCUT2D eigenvalue weighted by Gasteiger charge is 2.31. The van der Waals surface area contributed by atoms with E-state index < -0.39 is 0 Å². The second-order valence-electron chi connectivity index (χ2n) is 7.45. The van der Waals surface area contributed by atoms with Crippen LogP contribution in [-0.4, -0.2) is 46.1 Å². The second-order valence-corrected chi connectivity index (χ2v) is 7.45. The van der Waals surface area contributed by atoms with Gasteiger partial charge in [0, 0.05) is 45.0 Å². The van der Waals surface area contributed by atoms with Gasteiger partial charge in [-0.25, -0.2) is 0 Å². The largest absolute Gasteiger partial charge is 0.356 e. The van der Waals surface area contributed by atoms with Gasteiger partial charge in [0.05, 0.1) is 5.92 Å². The van der Waals surface area contributed by atoms with Crippen LogP contribution in [-0.2, 0) is 16.1 Å². The van der Waals surface area contributed by atoms with Crippen LogP contribution in [0.3, 0.4) is 0 Å². The molecule has 1 saturated heterocycles. The maximum atomic E-state index is 12.4. The van der Waals surface area contributed by atoms with Crippen molar-refractivity contribution in [3.05, 3.63) is 18.5 Å². The summed E-state index contributed by atoms with van der Waals surface area (Å²) in [6, 6.07) is 1.90. The Bertz CT molecular complexity index is 552. The van der Waals surface area contributed by atoms with Gasteiger partial charge < -0.3 is 10.2 Å². The van der Waals surface area contributed by atoms with Gasteiger partial charge in [0.1, 0.15) is 0 Å². The van der Waals surface area contributed by atoms with E-state index in [1.165, 1.54) is 32.1 Å². The number of aryl methyl sites for hydroxylation is 1. The van der Waals surface area contributed by atoms with Crippen LogP contribution in [0.1, 0.15) is 51.4 Å². The SMILES string of the molecule is O=C(NCCCn1cccn1)[C@H]1CCC(=O)N(CC2CCCCC2)C1. The van der Waals surface area contributed by atoms with Gasteiger partial charge in [0.25, 0.3) is 0 Å². The molecule has 2 fully saturated rings. The monoisotopic (exact) mass is 346 g/mol. The first-order valence-corrected chi connectivity index (χ1v) is 9.75. The average Bonchev–Trinajstić information content (AvgIpc) is 3.15. The number of likely N-dealkylation sites (tertiary alicyclic amines) is 1. The third-order valence-corrected chi connectivity index (χ3v) is 5.50. The van der Waals surface area contributed by atoms with Crippen LogP contribution in [0.4, 0.5) is 0 Å². The number of aromatic nitrogens is 2. The first-order chi connectivity index (χ1) is 12.2. The molecule has 3 rings (SSSR count). The van der Waals surface area contributed by atoms with Gasteiger partial charge in [-0.1, -0.05) is 19.3 Å². The fourth-order valence-corrected chi connectivity index (χ4v) is 4.02. The van der Waals surface area contributed by atoms with E-state index in [9.17, 15) is 9.59 Å². The van der Waals surface area contributed by atoms with E-state index >= 15 is 0 Å². The van der Waals surface area contributed by atoms with Crippen molar-refractivity contribution in [2.24, 2.45) is 11.8 Å². The first-order valence-electron chi connectivity index (χ1n) is 9.75. The van der Waals surface area contributed by atoms with E-state index in [1.807, 2.05) is 21.8 Å². The van der Waals surface area contributed by atoms with Crippen LogP contribution in [0.5, 0.6) is 0 Å². The Morgan fingerprint density at radius 2 is 2.08 bits per heavy atom. The Labute approximate surface area is 149 Å². The Morgan fingerprint density at radius 1 is 1.24 bits per heavy atom. The van der Waals surface area contributed by atoms with Crippen molar-refractivity contribution in [1.82, 2.24) is 20.0 Å². The molecule has 1 N–H and O–H groups in total. The number of nitrogens with one attached hydrogen (secondary N) is 1. The third-order valence-electron chi connectivity index (χ3n) is 5.50. The van der Waals surface area contributed by atoms with Crippen molar-refractivity contribution in [3.63, 3.8) is 0 Å². The van der Waals surface area contributed by atoms with Crippen molar-refractivity contribution < 1.29 is 9.59 Å². The molecule has 25 heavy (non-hydrogen) atoms. The molecule has 6 nitrogen and oxygen atoms in total. The number of amides is 2. The van der Waals surface area contributed by atoms with Gasteiger partial charge in [0.15, 0.2) is 0 Å². The lowest BCUT2D eigenvalue weighted by atomic mass is 9.87. The summed E-state index contributed by atoms with van der Waals surface area (Å²) in [6.07, 6.45) is 12.1. The average molecular weight is 346 g/mol. The minimum Gasteiger partial charge on any atom is -0.356 e. The zero-order valence-corrected chi connectivity index (χ0v) is 15.0. The fourth-order valence-electron chi connectivity index (χ4n) is 4.02. The van der Waals surface area contributed by atoms with E-state index in [4.69, 9.17) is 0 Å². The Balaban J connectivity index is 1.40. The molecule has 0 radical (unpaired) electrons. The maximum Gasteiger partial charge on any atom is 0.224 e. The third kappa shape index (κ3) is 5.31. The van der Waals surface area contributed by atoms with E-state index in [0.717, 1.165) is 19.5 Å². The topological polar surface area (TPSA) is 67.2 Å². The number of piperidine rings is 1. The Morgan fingerprint density at radius 3 is 2.84 bits per heavy atom. The molecule has 1 atom stereocenters. The molecule has 6 heteroatoms. The fraction of sp³-hybridized carbons (Fsp3) is 0.737. The zero-order chi connectivity index (χ0) is 17.5. The van der Waals surface area contributed by atoms with E-state index in [2.05, 4.69) is 10.4 Å². The minimum atomic E-state index is -0.0500. The number of hydrogen-bond donors (Lipinski definition) is 1. The lowest BCUT2D eigenvalue weighted by Crippen LogP contribution is -2.47. The lowest BCUT2D eigenvalue weighted by molar-refractivity contribution is -0.139. The first kappa shape index (κ1) is 18.0. The Hall–Kier alpha value is -1.85. The van der Waals surface area contributed by atoms with Crippen molar-refractivity contribution in [3.8, 4) is 0 Å². The summed E-state index contributed by atoms with van der Waals surface area (Å²) in [5, 5.41) is 7.19. The zero-order valence-electron chi connectivity index (χ0n) is 15.0. The number of nitrogens with zero attached hydrogens (tertiary/aromatic N) is 3. The molecule has 2 aliphatic rings. The standard InChI is InChI=1S/C19H30N4O2/c24-18-9-8-17(15-22(18)14-16-6-2-1-3-7-16)19(25)20-10-4-12-23-13-5-11-21-23/h5,11,13,16-17H,1-4,6-10,12,14-15H2,(H,20,25)/t17-/m0/s1. The van der Waals surface area contributed by atoms with Crippen LogP contribution in [0.25, 0.3) is 0 Å². The minimum absolute atomic E-state index is 0.0500. The Kier molecular flexibility index (Phi) is 6.48. The summed E-state index contributed by atoms with van der Waals surface area (Å²) < 4.78 is 1.87. The molecule has 2 heterocycles. The van der Waals surface area contributed by atoms with Crippen LogP contribution in [0, 0.1) is 11.8 Å². The van der Waals surface area contributed by atoms with Crippen molar-refractivity contribution in [1.29, 1.82) is 0 Å². The molecule has 1 aromatic rings. The molecular formula is C19H30N4O2. The van der Waals surface area contributed by atoms with Crippen LogP contribution >= 0.6 is 0 Å². The molecule has 138 valence electrons. The molecule has 1 aromatic heterocycles. The van der Waals surface area contributed by atoms with Crippen molar-refractivity contribution in [2.45, 2.75) is 57.9 Å². The van der Waals surface area contributed by atoms with Gasteiger partial charge in [-0.3, -0.25) is 14.3 Å². The molecule has 0 aromatic carbocycles. The lowest BCUT2D eigenvalue weighted by Gasteiger charge is -2.35. The molecule has 1 aliphatic heterocycles. The maximum absolute atomic E-state index is 12.4. The van der Waals surface area contributed by atoms with Crippen LogP contribution < -0.4 is 5.32 Å². The molecule has 0 bridgehead atoms. The van der Waals surface area contributed by atoms with Crippen LogP contribution in [0.15, 0.2) is 18.5 Å². The highest BCUT2D eigenvalue weighted by molar-refractivity contribution is 5.83. The van der Waals surface area contributed by atoms with Crippen molar-refractivity contribution >= 4 is 11.8 Å². The van der Waals surface area contributed by atoms with Crippen LogP contribution in [0.2, 0.25) is 0 Å². The smallest absolute Gasteiger partial charge is 0.224 e. The van der Waals surface area contributed by atoms with Gasteiger partial charge >= 0.3 is 0 Å². The van der Waals surface area contributed by atoms with E-state index in [0.29, 0.717) is 31.8 Å². The number of rotatable bonds is 7. The summed E-state index contributed by atoms with van der Waals surface area (Å²) in [4.78, 5) is 26.6. The summed E-state index contributed by atoms with van der Waals surface area (Å²) in [5.74, 6) is 0.912. The highest BCUT2D eigenvalue weighted by atomic mass is 16.2. The molecular weight excluding hydrogens is 316 g/mol. The molecule has 1 aliphatic carbocycles. The predicted molar refractivity (Wildman–Crippen MR) is 95.7 cm³/mol.